The second-order valence-corrected chi connectivity index (χ2v) is 6.92. The van der Waals surface area contributed by atoms with Gasteiger partial charge >= 0.3 is 6.55 Å². The van der Waals surface area contributed by atoms with Gasteiger partial charge in [-0.05, 0) is 18.6 Å². The molecule has 1 unspecified atom stereocenters. The lowest BCUT2D eigenvalue weighted by atomic mass is 9.96. The average Bonchev–Trinajstić information content (AvgIpc) is 2.87. The molecular formula is C17H19Cl2F2N3O2. The second kappa shape index (κ2) is 7.58. The number of halogens is 4. The first-order chi connectivity index (χ1) is 12.4. The van der Waals surface area contributed by atoms with E-state index in [1.54, 1.807) is 20.1 Å². The summed E-state index contributed by atoms with van der Waals surface area (Å²) in [5, 5.41) is 6.65. The highest BCUT2D eigenvalue weighted by atomic mass is 35.5. The quantitative estimate of drug-likeness (QED) is 0.733. The number of carbonyl (C=O) groups excluding carboxylic acids is 1. The lowest BCUT2D eigenvalue weighted by Gasteiger charge is -2.14. The molecule has 26 heavy (non-hydrogen) atoms. The molecule has 0 spiro atoms. The highest BCUT2D eigenvalue weighted by Gasteiger charge is 2.33. The van der Waals surface area contributed by atoms with Crippen LogP contribution in [0.5, 0.6) is 0 Å². The molecular weight excluding hydrogens is 387 g/mol. The van der Waals surface area contributed by atoms with Crippen LogP contribution in [0.3, 0.4) is 0 Å². The first-order valence-corrected chi connectivity index (χ1v) is 8.97. The minimum Gasteiger partial charge on any atom is -0.383 e. The van der Waals surface area contributed by atoms with Crippen molar-refractivity contribution in [2.45, 2.75) is 25.8 Å². The molecule has 9 heteroatoms. The zero-order valence-electron chi connectivity index (χ0n) is 14.3. The SMILES string of the molecule is COCCNc1cc(Cl)c(Cl)c2c1c1c(n2C(F)F)CCNC(=O)C1C. The van der Waals surface area contributed by atoms with Crippen molar-refractivity contribution in [1.82, 2.24) is 9.88 Å². The zero-order valence-corrected chi connectivity index (χ0v) is 15.8. The Kier molecular flexibility index (Phi) is 5.60. The molecule has 0 fully saturated rings. The predicted molar refractivity (Wildman–Crippen MR) is 98.7 cm³/mol. The summed E-state index contributed by atoms with van der Waals surface area (Å²) in [7, 11) is 1.57. The van der Waals surface area contributed by atoms with Crippen LogP contribution < -0.4 is 10.6 Å². The summed E-state index contributed by atoms with van der Waals surface area (Å²) < 4.78 is 33.8. The average molecular weight is 406 g/mol. The number of nitrogens with one attached hydrogen (secondary N) is 2. The topological polar surface area (TPSA) is 55.3 Å². The van der Waals surface area contributed by atoms with E-state index in [1.165, 1.54) is 0 Å². The van der Waals surface area contributed by atoms with Crippen molar-refractivity contribution in [3.05, 3.63) is 27.4 Å². The van der Waals surface area contributed by atoms with Crippen LogP contribution in [-0.4, -0.2) is 37.3 Å². The molecule has 0 saturated heterocycles. The zero-order chi connectivity index (χ0) is 19.0. The molecule has 0 aliphatic carbocycles. The van der Waals surface area contributed by atoms with E-state index in [-0.39, 0.29) is 34.4 Å². The molecule has 0 saturated carbocycles. The summed E-state index contributed by atoms with van der Waals surface area (Å²) in [6.07, 6.45) is 0.288. The fourth-order valence-electron chi connectivity index (χ4n) is 3.47. The maximum absolute atomic E-state index is 13.9. The summed E-state index contributed by atoms with van der Waals surface area (Å²) in [5.74, 6) is -0.791. The van der Waals surface area contributed by atoms with E-state index >= 15 is 0 Å². The Morgan fingerprint density at radius 1 is 1.46 bits per heavy atom. The number of fused-ring (bicyclic) bond motifs is 3. The molecule has 2 aromatic rings. The van der Waals surface area contributed by atoms with Gasteiger partial charge in [-0.15, -0.1) is 0 Å². The van der Waals surface area contributed by atoms with Crippen LogP contribution in [0.4, 0.5) is 14.5 Å². The Morgan fingerprint density at radius 2 is 2.19 bits per heavy atom. The molecule has 0 radical (unpaired) electrons. The first-order valence-electron chi connectivity index (χ1n) is 8.21. The Labute approximate surface area is 159 Å². The fourth-order valence-corrected chi connectivity index (χ4v) is 3.91. The second-order valence-electron chi connectivity index (χ2n) is 6.13. The maximum Gasteiger partial charge on any atom is 0.319 e. The highest BCUT2D eigenvalue weighted by molar-refractivity contribution is 6.45. The molecule has 1 aliphatic rings. The third-order valence-corrected chi connectivity index (χ3v) is 5.39. The van der Waals surface area contributed by atoms with Crippen LogP contribution in [0.1, 0.15) is 30.6 Å². The van der Waals surface area contributed by atoms with Gasteiger partial charge in [-0.25, -0.2) is 0 Å². The molecule has 0 bridgehead atoms. The number of methoxy groups -OCH3 is 1. The largest absolute Gasteiger partial charge is 0.383 e. The standard InChI is InChI=1S/C17H19Cl2F2N3O2/c1-8-12-11(3-4-23-16(8)25)24(17(20)21)15-13(12)10(22-5-6-26-2)7-9(18)14(15)19/h7-8,17,22H,3-6H2,1-2H3,(H,23,25). The van der Waals surface area contributed by atoms with Gasteiger partial charge in [-0.2, -0.15) is 8.78 Å². The summed E-state index contributed by atoms with van der Waals surface area (Å²) in [5.41, 5.74) is 1.68. The molecule has 2 N–H and O–H groups in total. The number of amides is 1. The number of hydrogen-bond acceptors (Lipinski definition) is 3. The Bertz CT molecular complexity index is 855. The molecule has 2 heterocycles. The summed E-state index contributed by atoms with van der Waals surface area (Å²) in [6.45, 7) is 0.0750. The van der Waals surface area contributed by atoms with Crippen LogP contribution >= 0.6 is 23.2 Å². The number of nitrogens with zero attached hydrogens (tertiary/aromatic N) is 1. The Hall–Kier alpha value is -1.57. The number of carbonyl (C=O) groups is 1. The van der Waals surface area contributed by atoms with Gasteiger partial charge in [0.1, 0.15) is 0 Å². The molecule has 1 aromatic heterocycles. The van der Waals surface area contributed by atoms with Crippen LogP contribution in [0, 0.1) is 0 Å². The van der Waals surface area contributed by atoms with Gasteiger partial charge in [0.2, 0.25) is 5.91 Å². The Morgan fingerprint density at radius 3 is 2.85 bits per heavy atom. The molecule has 3 rings (SSSR count). The van der Waals surface area contributed by atoms with Crippen molar-refractivity contribution in [1.29, 1.82) is 0 Å². The van der Waals surface area contributed by atoms with Crippen LogP contribution in [0.2, 0.25) is 10.0 Å². The van der Waals surface area contributed by atoms with Crippen molar-refractivity contribution in [3.63, 3.8) is 0 Å². The van der Waals surface area contributed by atoms with Crippen molar-refractivity contribution in [3.8, 4) is 0 Å². The van der Waals surface area contributed by atoms with E-state index < -0.39 is 12.5 Å². The summed E-state index contributed by atoms with van der Waals surface area (Å²) in [6, 6.07) is 1.60. The smallest absolute Gasteiger partial charge is 0.319 e. The van der Waals surface area contributed by atoms with Crippen molar-refractivity contribution in [2.24, 2.45) is 0 Å². The minimum atomic E-state index is -2.80. The molecule has 1 aliphatic heterocycles. The Balaban J connectivity index is 2.36. The summed E-state index contributed by atoms with van der Waals surface area (Å²) >= 11 is 12.5. The summed E-state index contributed by atoms with van der Waals surface area (Å²) in [4.78, 5) is 12.3. The van der Waals surface area contributed by atoms with Gasteiger partial charge in [-0.1, -0.05) is 23.2 Å². The molecule has 5 nitrogen and oxygen atoms in total. The van der Waals surface area contributed by atoms with E-state index in [9.17, 15) is 13.6 Å². The number of alkyl halides is 2. The third kappa shape index (κ3) is 3.12. The number of hydrogen-bond donors (Lipinski definition) is 2. The van der Waals surface area contributed by atoms with Crippen LogP contribution in [0.25, 0.3) is 10.9 Å². The molecule has 1 atom stereocenters. The minimum absolute atomic E-state index is 0.0555. The van der Waals surface area contributed by atoms with Crippen molar-refractivity contribution < 1.29 is 18.3 Å². The van der Waals surface area contributed by atoms with Crippen molar-refractivity contribution in [2.75, 3.05) is 32.1 Å². The van der Waals surface area contributed by atoms with Gasteiger partial charge < -0.3 is 15.4 Å². The fraction of sp³-hybridized carbons (Fsp3) is 0.471. The third-order valence-electron chi connectivity index (χ3n) is 4.61. The molecule has 142 valence electrons. The van der Waals surface area contributed by atoms with Gasteiger partial charge in [0.05, 0.1) is 28.1 Å². The van der Waals surface area contributed by atoms with E-state index in [4.69, 9.17) is 27.9 Å². The maximum atomic E-state index is 13.9. The van der Waals surface area contributed by atoms with Crippen molar-refractivity contribution >= 4 is 45.7 Å². The molecule has 1 aromatic carbocycles. The van der Waals surface area contributed by atoms with Crippen LogP contribution in [-0.2, 0) is 16.0 Å². The van der Waals surface area contributed by atoms with E-state index in [2.05, 4.69) is 10.6 Å². The number of anilines is 1. The van der Waals surface area contributed by atoms with E-state index in [0.29, 0.717) is 35.5 Å². The lowest BCUT2D eigenvalue weighted by Crippen LogP contribution is -2.27. The normalized spacial score (nSPS) is 17.3. The number of rotatable bonds is 5. The van der Waals surface area contributed by atoms with Gasteiger partial charge in [-0.3, -0.25) is 9.36 Å². The van der Waals surface area contributed by atoms with E-state index in [1.807, 2.05) is 0 Å². The molecule has 1 amide bonds. The van der Waals surface area contributed by atoms with E-state index in [0.717, 1.165) is 4.57 Å². The highest BCUT2D eigenvalue weighted by Crippen LogP contribution is 2.45. The van der Waals surface area contributed by atoms with Gasteiger partial charge in [0.15, 0.2) is 0 Å². The lowest BCUT2D eigenvalue weighted by molar-refractivity contribution is -0.121. The monoisotopic (exact) mass is 405 g/mol. The predicted octanol–water partition coefficient (Wildman–Crippen LogP) is 4.18. The van der Waals surface area contributed by atoms with Gasteiger partial charge in [0.25, 0.3) is 0 Å². The number of benzene rings is 1. The van der Waals surface area contributed by atoms with Crippen LogP contribution in [0.15, 0.2) is 6.07 Å². The van der Waals surface area contributed by atoms with Gasteiger partial charge in [0, 0.05) is 43.4 Å². The number of aromatic nitrogens is 1. The number of ether oxygens (including phenoxy) is 1. The first kappa shape index (κ1) is 19.2.